The molecule has 6 heteroatoms. The first-order valence-electron chi connectivity index (χ1n) is 6.08. The number of ether oxygens (including phenoxy) is 1. The molecule has 1 amide bonds. The fourth-order valence-corrected chi connectivity index (χ4v) is 3.27. The lowest BCUT2D eigenvalue weighted by molar-refractivity contribution is -0.123. The molecule has 1 aliphatic carbocycles. The predicted molar refractivity (Wildman–Crippen MR) is 62.9 cm³/mol. The second kappa shape index (κ2) is 4.57. The molecule has 0 aromatic heterocycles. The minimum Gasteiger partial charge on any atom is -0.377 e. The van der Waals surface area contributed by atoms with Crippen molar-refractivity contribution in [2.45, 2.75) is 45.1 Å². The third-order valence-electron chi connectivity index (χ3n) is 3.48. The van der Waals surface area contributed by atoms with Crippen LogP contribution in [0.5, 0.6) is 0 Å². The molecule has 2 fully saturated rings. The van der Waals surface area contributed by atoms with E-state index in [2.05, 4.69) is 4.72 Å². The molecule has 1 N–H and O–H groups in total. The largest absolute Gasteiger partial charge is 0.377 e. The molecule has 1 atom stereocenters. The quantitative estimate of drug-likeness (QED) is 0.812. The van der Waals surface area contributed by atoms with Crippen LogP contribution in [0, 0.1) is 5.41 Å². The Kier molecular flexibility index (Phi) is 3.45. The molecule has 1 aliphatic heterocycles. The van der Waals surface area contributed by atoms with E-state index in [1.54, 1.807) is 6.92 Å². The lowest BCUT2D eigenvalue weighted by atomic mass is 10.1. The first-order chi connectivity index (χ1) is 7.91. The van der Waals surface area contributed by atoms with Gasteiger partial charge in [-0.1, -0.05) is 6.92 Å². The summed E-state index contributed by atoms with van der Waals surface area (Å²) in [6.45, 7) is 2.40. The van der Waals surface area contributed by atoms with Crippen molar-refractivity contribution >= 4 is 15.9 Å². The Labute approximate surface area is 102 Å². The molecule has 1 saturated carbocycles. The van der Waals surface area contributed by atoms with Gasteiger partial charge in [0.1, 0.15) is 0 Å². The molecular weight excluding hydrogens is 242 g/mol. The molecule has 1 saturated heterocycles. The van der Waals surface area contributed by atoms with E-state index in [0.717, 1.165) is 32.1 Å². The van der Waals surface area contributed by atoms with Crippen LogP contribution in [0.1, 0.15) is 39.0 Å². The van der Waals surface area contributed by atoms with Crippen LogP contribution in [0.4, 0.5) is 0 Å². The first-order valence-corrected chi connectivity index (χ1v) is 7.73. The van der Waals surface area contributed by atoms with Gasteiger partial charge in [-0.25, -0.2) is 8.42 Å². The van der Waals surface area contributed by atoms with Gasteiger partial charge in [0.05, 0.1) is 11.9 Å². The average Bonchev–Trinajstić information content (AvgIpc) is 2.98. The summed E-state index contributed by atoms with van der Waals surface area (Å²) in [7, 11) is -3.55. The summed E-state index contributed by atoms with van der Waals surface area (Å²) in [6.07, 6.45) is 4.02. The normalized spacial score (nSPS) is 27.5. The van der Waals surface area contributed by atoms with Crippen molar-refractivity contribution in [3.8, 4) is 0 Å². The van der Waals surface area contributed by atoms with Crippen LogP contribution in [-0.4, -0.2) is 32.8 Å². The molecular formula is C11H19NO4S. The van der Waals surface area contributed by atoms with Gasteiger partial charge < -0.3 is 4.74 Å². The van der Waals surface area contributed by atoms with Gasteiger partial charge in [-0.15, -0.1) is 0 Å². The van der Waals surface area contributed by atoms with Gasteiger partial charge in [-0.2, -0.15) is 0 Å². The van der Waals surface area contributed by atoms with E-state index in [-0.39, 0.29) is 17.8 Å². The van der Waals surface area contributed by atoms with Gasteiger partial charge in [0.15, 0.2) is 0 Å². The summed E-state index contributed by atoms with van der Waals surface area (Å²) in [6, 6.07) is 0. The molecule has 2 aliphatic rings. The third kappa shape index (κ3) is 3.42. The number of sulfonamides is 1. The summed E-state index contributed by atoms with van der Waals surface area (Å²) >= 11 is 0. The topological polar surface area (TPSA) is 72.5 Å². The number of nitrogens with one attached hydrogen (secondary N) is 1. The van der Waals surface area contributed by atoms with Crippen LogP contribution < -0.4 is 4.72 Å². The smallest absolute Gasteiger partial charge is 0.239 e. The molecule has 1 heterocycles. The SMILES string of the molecule is CC1(C(=O)NS(=O)(=O)CC2CCCCO2)CC1. The van der Waals surface area contributed by atoms with Crippen LogP contribution in [0.15, 0.2) is 0 Å². The highest BCUT2D eigenvalue weighted by Crippen LogP contribution is 2.45. The lowest BCUT2D eigenvalue weighted by Gasteiger charge is -2.22. The second-order valence-electron chi connectivity index (χ2n) is 5.26. The Morgan fingerprint density at radius 3 is 2.65 bits per heavy atom. The number of carbonyl (C=O) groups excluding carboxylic acids is 1. The standard InChI is InChI=1S/C11H19NO4S/c1-11(5-6-11)10(13)12-17(14,15)8-9-4-2-3-7-16-9/h9H,2-8H2,1H3,(H,12,13). The van der Waals surface area contributed by atoms with Crippen LogP contribution >= 0.6 is 0 Å². The third-order valence-corrected chi connectivity index (χ3v) is 4.78. The maximum atomic E-state index is 11.8. The van der Waals surface area contributed by atoms with E-state index in [0.29, 0.717) is 6.61 Å². The fraction of sp³-hybridized carbons (Fsp3) is 0.909. The fourth-order valence-electron chi connectivity index (χ4n) is 1.90. The van der Waals surface area contributed by atoms with Gasteiger partial charge in [0, 0.05) is 12.0 Å². The Morgan fingerprint density at radius 1 is 1.41 bits per heavy atom. The summed E-state index contributed by atoms with van der Waals surface area (Å²) < 4.78 is 31.1. The van der Waals surface area contributed by atoms with E-state index in [1.165, 1.54) is 0 Å². The van der Waals surface area contributed by atoms with E-state index in [1.807, 2.05) is 0 Å². The Balaban J connectivity index is 1.87. The molecule has 0 spiro atoms. The molecule has 5 nitrogen and oxygen atoms in total. The highest BCUT2D eigenvalue weighted by molar-refractivity contribution is 7.90. The monoisotopic (exact) mass is 261 g/mol. The van der Waals surface area contributed by atoms with Crippen LogP contribution in [-0.2, 0) is 19.6 Å². The predicted octanol–water partition coefficient (Wildman–Crippen LogP) is 0.802. The van der Waals surface area contributed by atoms with Crippen molar-refractivity contribution < 1.29 is 17.9 Å². The zero-order chi connectivity index (χ0) is 12.5. The molecule has 17 heavy (non-hydrogen) atoms. The van der Waals surface area contributed by atoms with Crippen molar-refractivity contribution in [2.24, 2.45) is 5.41 Å². The van der Waals surface area contributed by atoms with Crippen LogP contribution in [0.2, 0.25) is 0 Å². The summed E-state index contributed by atoms with van der Waals surface area (Å²) in [5.41, 5.74) is -0.458. The van der Waals surface area contributed by atoms with Gasteiger partial charge in [-0.05, 0) is 32.1 Å². The van der Waals surface area contributed by atoms with Crippen LogP contribution in [0.3, 0.4) is 0 Å². The van der Waals surface area contributed by atoms with E-state index >= 15 is 0 Å². The minimum absolute atomic E-state index is 0.102. The Morgan fingerprint density at radius 2 is 2.12 bits per heavy atom. The summed E-state index contributed by atoms with van der Waals surface area (Å²) in [5.74, 6) is -0.470. The lowest BCUT2D eigenvalue weighted by Crippen LogP contribution is -2.40. The summed E-state index contributed by atoms with van der Waals surface area (Å²) in [4.78, 5) is 11.7. The molecule has 0 aromatic rings. The zero-order valence-corrected chi connectivity index (χ0v) is 10.9. The number of carbonyl (C=O) groups is 1. The Bertz CT molecular complexity index is 394. The maximum absolute atomic E-state index is 11.8. The van der Waals surface area contributed by atoms with Crippen molar-refractivity contribution in [3.05, 3.63) is 0 Å². The molecule has 1 unspecified atom stereocenters. The van der Waals surface area contributed by atoms with Crippen molar-refractivity contribution in [3.63, 3.8) is 0 Å². The highest BCUT2D eigenvalue weighted by atomic mass is 32.2. The molecule has 98 valence electrons. The molecule has 0 radical (unpaired) electrons. The minimum atomic E-state index is -3.55. The van der Waals surface area contributed by atoms with E-state index in [4.69, 9.17) is 4.74 Å². The average molecular weight is 261 g/mol. The van der Waals surface area contributed by atoms with Crippen molar-refractivity contribution in [1.29, 1.82) is 0 Å². The van der Waals surface area contributed by atoms with Crippen LogP contribution in [0.25, 0.3) is 0 Å². The molecule has 0 aromatic carbocycles. The summed E-state index contributed by atoms with van der Waals surface area (Å²) in [5, 5.41) is 0. The number of rotatable bonds is 4. The number of hydrogen-bond donors (Lipinski definition) is 1. The van der Waals surface area contributed by atoms with Crippen molar-refractivity contribution in [1.82, 2.24) is 4.72 Å². The highest BCUT2D eigenvalue weighted by Gasteiger charge is 2.46. The van der Waals surface area contributed by atoms with E-state index in [9.17, 15) is 13.2 Å². The number of hydrogen-bond acceptors (Lipinski definition) is 4. The number of amides is 1. The van der Waals surface area contributed by atoms with Gasteiger partial charge in [0.2, 0.25) is 15.9 Å². The van der Waals surface area contributed by atoms with E-state index < -0.39 is 15.4 Å². The van der Waals surface area contributed by atoms with Gasteiger partial charge in [-0.3, -0.25) is 9.52 Å². The molecule has 2 rings (SSSR count). The Hall–Kier alpha value is -0.620. The molecule has 0 bridgehead atoms. The maximum Gasteiger partial charge on any atom is 0.239 e. The van der Waals surface area contributed by atoms with Crippen molar-refractivity contribution in [2.75, 3.05) is 12.4 Å². The van der Waals surface area contributed by atoms with Gasteiger partial charge >= 0.3 is 0 Å². The first kappa shape index (κ1) is 12.8. The van der Waals surface area contributed by atoms with Gasteiger partial charge in [0.25, 0.3) is 0 Å². The second-order valence-corrected chi connectivity index (χ2v) is 7.03. The zero-order valence-electron chi connectivity index (χ0n) is 10.1.